The first kappa shape index (κ1) is 19.7. The molecule has 0 amide bonds. The van der Waals surface area contributed by atoms with Crippen LogP contribution in [-0.4, -0.2) is 50.8 Å². The first-order valence-corrected chi connectivity index (χ1v) is 8.14. The molecule has 1 fully saturated rings. The van der Waals surface area contributed by atoms with Crippen LogP contribution in [0.5, 0.6) is 0 Å². The predicted octanol–water partition coefficient (Wildman–Crippen LogP) is 1.19. The van der Waals surface area contributed by atoms with Gasteiger partial charge in [0.1, 0.15) is 11.6 Å². The zero-order valence-electron chi connectivity index (χ0n) is 15.2. The van der Waals surface area contributed by atoms with Crippen molar-refractivity contribution in [1.82, 2.24) is 5.32 Å². The van der Waals surface area contributed by atoms with Crippen LogP contribution in [0, 0.1) is 5.92 Å². The second kappa shape index (κ2) is 8.14. The molecule has 0 radical (unpaired) electrons. The second-order valence-electron chi connectivity index (χ2n) is 6.18. The van der Waals surface area contributed by atoms with E-state index in [4.69, 9.17) is 9.47 Å². The van der Waals surface area contributed by atoms with Gasteiger partial charge in [-0.05, 0) is 12.5 Å². The summed E-state index contributed by atoms with van der Waals surface area (Å²) < 4.78 is 14.5. The molecule has 0 bridgehead atoms. The van der Waals surface area contributed by atoms with Gasteiger partial charge in [0, 0.05) is 17.9 Å². The van der Waals surface area contributed by atoms with Gasteiger partial charge in [0.05, 0.1) is 21.3 Å². The van der Waals surface area contributed by atoms with Crippen molar-refractivity contribution in [2.45, 2.75) is 24.4 Å². The van der Waals surface area contributed by atoms with Crippen molar-refractivity contribution in [2.75, 3.05) is 21.3 Å². The van der Waals surface area contributed by atoms with E-state index in [1.807, 2.05) is 30.3 Å². The molecule has 1 aromatic carbocycles. The van der Waals surface area contributed by atoms with Crippen LogP contribution >= 0.6 is 0 Å². The van der Waals surface area contributed by atoms with Crippen LogP contribution in [0.25, 0.3) is 0 Å². The molecule has 1 aliphatic rings. The maximum absolute atomic E-state index is 12.5. The summed E-state index contributed by atoms with van der Waals surface area (Å²) in [5, 5.41) is 3.06. The van der Waals surface area contributed by atoms with Gasteiger partial charge in [0.25, 0.3) is 0 Å². The molecule has 1 aromatic rings. The molecular weight excluding hydrogens is 338 g/mol. The topological polar surface area (TPSA) is 90.9 Å². The maximum Gasteiger partial charge on any atom is 0.330 e. The van der Waals surface area contributed by atoms with Gasteiger partial charge in [-0.1, -0.05) is 36.4 Å². The summed E-state index contributed by atoms with van der Waals surface area (Å²) in [5.74, 6) is -2.56. The summed E-state index contributed by atoms with van der Waals surface area (Å²) in [6.07, 6.45) is 2.83. The minimum absolute atomic E-state index is 0.436. The molecule has 140 valence electrons. The Morgan fingerprint density at radius 2 is 1.69 bits per heavy atom. The summed E-state index contributed by atoms with van der Waals surface area (Å²) >= 11 is 0. The zero-order valence-corrected chi connectivity index (χ0v) is 15.2. The van der Waals surface area contributed by atoms with Gasteiger partial charge >= 0.3 is 17.9 Å². The lowest BCUT2D eigenvalue weighted by Crippen LogP contribution is -2.52. The average molecular weight is 361 g/mol. The monoisotopic (exact) mass is 361 g/mol. The number of benzene rings is 1. The number of nitrogens with one attached hydrogen (secondary N) is 1. The lowest BCUT2D eigenvalue weighted by atomic mass is 9.76. The van der Waals surface area contributed by atoms with E-state index in [0.29, 0.717) is 0 Å². The van der Waals surface area contributed by atoms with E-state index in [1.54, 1.807) is 13.0 Å². The lowest BCUT2D eigenvalue weighted by Gasteiger charge is -2.28. The van der Waals surface area contributed by atoms with Gasteiger partial charge in [0.15, 0.2) is 0 Å². The van der Waals surface area contributed by atoms with E-state index < -0.39 is 41.3 Å². The molecule has 1 aliphatic heterocycles. The molecule has 0 aliphatic carbocycles. The van der Waals surface area contributed by atoms with Crippen LogP contribution in [0.1, 0.15) is 18.4 Å². The van der Waals surface area contributed by atoms with E-state index in [9.17, 15) is 14.4 Å². The fourth-order valence-electron chi connectivity index (χ4n) is 3.45. The van der Waals surface area contributed by atoms with Crippen LogP contribution in [-0.2, 0) is 28.6 Å². The number of rotatable bonds is 5. The molecule has 0 spiro atoms. The second-order valence-corrected chi connectivity index (χ2v) is 6.18. The van der Waals surface area contributed by atoms with E-state index in [0.717, 1.165) is 5.56 Å². The largest absolute Gasteiger partial charge is 0.468 e. The van der Waals surface area contributed by atoms with Crippen molar-refractivity contribution in [1.29, 1.82) is 0 Å². The number of hydrogen-bond acceptors (Lipinski definition) is 7. The Morgan fingerprint density at radius 1 is 1.04 bits per heavy atom. The van der Waals surface area contributed by atoms with Gasteiger partial charge in [-0.15, -0.1) is 0 Å². The van der Waals surface area contributed by atoms with Crippen molar-refractivity contribution in [3.05, 3.63) is 48.0 Å². The predicted molar refractivity (Wildman–Crippen MR) is 93.2 cm³/mol. The fourth-order valence-corrected chi connectivity index (χ4v) is 3.45. The summed E-state index contributed by atoms with van der Waals surface area (Å²) in [7, 11) is 3.84. The number of esters is 3. The van der Waals surface area contributed by atoms with Gasteiger partial charge in [-0.2, -0.15) is 0 Å². The summed E-state index contributed by atoms with van der Waals surface area (Å²) in [5.41, 5.74) is -0.388. The van der Waals surface area contributed by atoms with E-state index >= 15 is 0 Å². The number of carbonyl (C=O) groups is 3. The smallest absolute Gasteiger partial charge is 0.330 e. The molecule has 0 unspecified atom stereocenters. The molecule has 26 heavy (non-hydrogen) atoms. The molecule has 2 rings (SSSR count). The highest BCUT2D eigenvalue weighted by Gasteiger charge is 2.57. The van der Waals surface area contributed by atoms with Crippen molar-refractivity contribution >= 4 is 17.9 Å². The SMILES string of the molecule is COC(=O)/C=C/[C@H]1[C@H](c2ccccc2)[C@@H](C(=O)OC)N[C@@]1(C)C(=O)OC. The van der Waals surface area contributed by atoms with Gasteiger partial charge < -0.3 is 14.2 Å². The van der Waals surface area contributed by atoms with Crippen molar-refractivity contribution in [3.63, 3.8) is 0 Å². The molecule has 1 N–H and O–H groups in total. The third kappa shape index (κ3) is 3.62. The Kier molecular flexibility index (Phi) is 6.15. The highest BCUT2D eigenvalue weighted by Crippen LogP contribution is 2.44. The Bertz CT molecular complexity index is 701. The molecule has 7 nitrogen and oxygen atoms in total. The minimum atomic E-state index is -1.22. The molecular formula is C19H23NO6. The van der Waals surface area contributed by atoms with Crippen molar-refractivity contribution in [3.8, 4) is 0 Å². The molecule has 0 saturated carbocycles. The summed E-state index contributed by atoms with van der Waals surface area (Å²) in [4.78, 5) is 36.5. The minimum Gasteiger partial charge on any atom is -0.468 e. The molecule has 0 aromatic heterocycles. The van der Waals surface area contributed by atoms with E-state index in [-0.39, 0.29) is 0 Å². The first-order valence-electron chi connectivity index (χ1n) is 8.14. The third-order valence-electron chi connectivity index (χ3n) is 4.76. The highest BCUT2D eigenvalue weighted by atomic mass is 16.5. The number of carbonyl (C=O) groups excluding carboxylic acids is 3. The van der Waals surface area contributed by atoms with Crippen LogP contribution in [0.2, 0.25) is 0 Å². The van der Waals surface area contributed by atoms with Crippen LogP contribution < -0.4 is 5.32 Å². The van der Waals surface area contributed by atoms with Crippen molar-refractivity contribution < 1.29 is 28.6 Å². The number of ether oxygens (including phenoxy) is 3. The Morgan fingerprint density at radius 3 is 2.23 bits per heavy atom. The zero-order chi connectivity index (χ0) is 19.3. The Hall–Kier alpha value is -2.67. The quantitative estimate of drug-likeness (QED) is 0.478. The third-order valence-corrected chi connectivity index (χ3v) is 4.76. The standard InChI is InChI=1S/C19H23NO6/c1-19(18(23)26-4)13(10-11-14(21)24-2)15(12-8-6-5-7-9-12)16(20-19)17(22)25-3/h5-11,13,15-16,20H,1-4H3/b11-10+/t13-,15-,16-,19+/m0/s1. The van der Waals surface area contributed by atoms with Crippen LogP contribution in [0.3, 0.4) is 0 Å². The number of methoxy groups -OCH3 is 3. The highest BCUT2D eigenvalue weighted by molar-refractivity contribution is 5.87. The van der Waals surface area contributed by atoms with Gasteiger partial charge in [-0.25, -0.2) is 4.79 Å². The normalized spacial score (nSPS) is 27.9. The number of hydrogen-bond donors (Lipinski definition) is 1. The molecule has 7 heteroatoms. The first-order chi connectivity index (χ1) is 12.4. The van der Waals surface area contributed by atoms with Crippen LogP contribution in [0.4, 0.5) is 0 Å². The molecule has 1 saturated heterocycles. The molecule has 1 heterocycles. The van der Waals surface area contributed by atoms with Gasteiger partial charge in [0.2, 0.25) is 0 Å². The Labute approximate surface area is 152 Å². The average Bonchev–Trinajstić information content (AvgIpc) is 2.98. The van der Waals surface area contributed by atoms with Crippen LogP contribution in [0.15, 0.2) is 42.5 Å². The van der Waals surface area contributed by atoms with E-state index in [1.165, 1.54) is 27.4 Å². The summed E-state index contributed by atoms with van der Waals surface area (Å²) in [6, 6.07) is 8.50. The fraction of sp³-hybridized carbons (Fsp3) is 0.421. The summed E-state index contributed by atoms with van der Waals surface area (Å²) in [6.45, 7) is 1.64. The van der Waals surface area contributed by atoms with E-state index in [2.05, 4.69) is 10.1 Å². The van der Waals surface area contributed by atoms with Crippen molar-refractivity contribution in [2.24, 2.45) is 5.92 Å². The lowest BCUT2D eigenvalue weighted by molar-refractivity contribution is -0.149. The Balaban J connectivity index is 2.58. The van der Waals surface area contributed by atoms with Gasteiger partial charge in [-0.3, -0.25) is 14.9 Å². The maximum atomic E-state index is 12.5. The molecule has 4 atom stereocenters.